The SMILES string of the molecule is CN=C(NCCCOC1CCOCC1)N(C)Cc1cnn(-c2ccccc2)c1.I. The van der Waals surface area contributed by atoms with Crippen LogP contribution in [0.5, 0.6) is 0 Å². The van der Waals surface area contributed by atoms with Gasteiger partial charge < -0.3 is 19.7 Å². The van der Waals surface area contributed by atoms with E-state index < -0.39 is 0 Å². The molecular formula is C21H32IN5O2. The van der Waals surface area contributed by atoms with Crippen molar-refractivity contribution in [3.63, 3.8) is 0 Å². The Morgan fingerprint density at radius 3 is 2.79 bits per heavy atom. The third-order valence-corrected chi connectivity index (χ3v) is 4.78. The predicted molar refractivity (Wildman–Crippen MR) is 126 cm³/mol. The first-order chi connectivity index (χ1) is 13.8. The van der Waals surface area contributed by atoms with Crippen LogP contribution >= 0.6 is 24.0 Å². The van der Waals surface area contributed by atoms with E-state index in [0.29, 0.717) is 6.10 Å². The molecule has 0 bridgehead atoms. The van der Waals surface area contributed by atoms with E-state index in [4.69, 9.17) is 9.47 Å². The molecule has 0 atom stereocenters. The summed E-state index contributed by atoms with van der Waals surface area (Å²) in [5, 5.41) is 7.87. The summed E-state index contributed by atoms with van der Waals surface area (Å²) < 4.78 is 13.2. The summed E-state index contributed by atoms with van der Waals surface area (Å²) in [6, 6.07) is 10.1. The quantitative estimate of drug-likeness (QED) is 0.255. The van der Waals surface area contributed by atoms with Crippen LogP contribution in [-0.4, -0.2) is 67.2 Å². The van der Waals surface area contributed by atoms with Crippen molar-refractivity contribution < 1.29 is 9.47 Å². The fourth-order valence-corrected chi connectivity index (χ4v) is 3.26. The lowest BCUT2D eigenvalue weighted by molar-refractivity contribution is -0.0320. The fourth-order valence-electron chi connectivity index (χ4n) is 3.26. The maximum Gasteiger partial charge on any atom is 0.193 e. The lowest BCUT2D eigenvalue weighted by Crippen LogP contribution is -2.39. The van der Waals surface area contributed by atoms with Gasteiger partial charge >= 0.3 is 0 Å². The van der Waals surface area contributed by atoms with E-state index in [1.807, 2.05) is 55.3 Å². The van der Waals surface area contributed by atoms with Crippen LogP contribution in [0.25, 0.3) is 5.69 Å². The second-order valence-electron chi connectivity index (χ2n) is 6.99. The number of ether oxygens (including phenoxy) is 2. The first-order valence-electron chi connectivity index (χ1n) is 9.96. The van der Waals surface area contributed by atoms with Crippen molar-refractivity contribution in [1.29, 1.82) is 0 Å². The second kappa shape index (κ2) is 12.8. The van der Waals surface area contributed by atoms with Gasteiger partial charge in [-0.25, -0.2) is 4.68 Å². The summed E-state index contributed by atoms with van der Waals surface area (Å²) in [4.78, 5) is 6.49. The molecule has 0 spiro atoms. The Balaban J connectivity index is 0.00000300. The highest BCUT2D eigenvalue weighted by molar-refractivity contribution is 14.0. The summed E-state index contributed by atoms with van der Waals surface area (Å²) in [6.07, 6.45) is 7.29. The van der Waals surface area contributed by atoms with Crippen LogP contribution in [0, 0.1) is 0 Å². The molecule has 1 fully saturated rings. The van der Waals surface area contributed by atoms with Crippen LogP contribution in [0.4, 0.5) is 0 Å². The minimum absolute atomic E-state index is 0. The zero-order chi connectivity index (χ0) is 19.6. The van der Waals surface area contributed by atoms with Crippen molar-refractivity contribution in [2.45, 2.75) is 31.9 Å². The highest BCUT2D eigenvalue weighted by atomic mass is 127. The predicted octanol–water partition coefficient (Wildman–Crippen LogP) is 3.08. The molecule has 0 radical (unpaired) electrons. The number of aliphatic imine (C=N–C) groups is 1. The van der Waals surface area contributed by atoms with E-state index in [1.54, 1.807) is 0 Å². The van der Waals surface area contributed by atoms with Crippen LogP contribution in [0.15, 0.2) is 47.7 Å². The standard InChI is InChI=1S/C21H31N5O2.HI/c1-22-21(23-11-6-12-28-20-9-13-27-14-10-20)25(2)16-18-15-24-26(17-18)19-7-4-3-5-8-19;/h3-5,7-8,15,17,20H,6,9-14,16H2,1-2H3,(H,22,23);1H. The Morgan fingerprint density at radius 1 is 1.31 bits per heavy atom. The van der Waals surface area contributed by atoms with Crippen LogP contribution in [-0.2, 0) is 16.0 Å². The van der Waals surface area contributed by atoms with Gasteiger partial charge in [0.2, 0.25) is 0 Å². The van der Waals surface area contributed by atoms with Gasteiger partial charge in [0.15, 0.2) is 5.96 Å². The van der Waals surface area contributed by atoms with E-state index in [-0.39, 0.29) is 24.0 Å². The van der Waals surface area contributed by atoms with Crippen LogP contribution in [0.2, 0.25) is 0 Å². The van der Waals surface area contributed by atoms with Crippen LogP contribution in [0.1, 0.15) is 24.8 Å². The molecule has 2 heterocycles. The molecule has 1 aliphatic heterocycles. The number of para-hydroxylation sites is 1. The molecule has 1 saturated heterocycles. The Hall–Kier alpha value is -1.65. The van der Waals surface area contributed by atoms with Crippen molar-refractivity contribution in [1.82, 2.24) is 20.0 Å². The Labute approximate surface area is 190 Å². The molecule has 0 amide bonds. The Kier molecular flexibility index (Phi) is 10.4. The maximum atomic E-state index is 5.91. The third-order valence-electron chi connectivity index (χ3n) is 4.78. The lowest BCUT2D eigenvalue weighted by atomic mass is 10.1. The largest absolute Gasteiger partial charge is 0.381 e. The van der Waals surface area contributed by atoms with Gasteiger partial charge in [0.25, 0.3) is 0 Å². The molecule has 1 aliphatic rings. The lowest BCUT2D eigenvalue weighted by Gasteiger charge is -2.23. The molecule has 0 aliphatic carbocycles. The number of nitrogens with zero attached hydrogens (tertiary/aromatic N) is 4. The van der Waals surface area contributed by atoms with Crippen molar-refractivity contribution >= 4 is 29.9 Å². The van der Waals surface area contributed by atoms with Gasteiger partial charge in [0.05, 0.1) is 18.0 Å². The molecule has 160 valence electrons. The summed E-state index contributed by atoms with van der Waals surface area (Å²) in [5.74, 6) is 0.874. The van der Waals surface area contributed by atoms with Gasteiger partial charge in [0, 0.05) is 58.8 Å². The minimum Gasteiger partial charge on any atom is -0.381 e. The Bertz CT molecular complexity index is 732. The van der Waals surface area contributed by atoms with Gasteiger partial charge in [-0.15, -0.1) is 24.0 Å². The van der Waals surface area contributed by atoms with E-state index in [9.17, 15) is 0 Å². The number of nitrogens with one attached hydrogen (secondary N) is 1. The smallest absolute Gasteiger partial charge is 0.193 e. The average molecular weight is 513 g/mol. The van der Waals surface area contributed by atoms with Gasteiger partial charge in [-0.3, -0.25) is 4.99 Å². The van der Waals surface area contributed by atoms with Gasteiger partial charge in [-0.05, 0) is 31.4 Å². The zero-order valence-electron chi connectivity index (χ0n) is 17.3. The molecule has 2 aromatic rings. The van der Waals surface area contributed by atoms with Crippen LogP contribution < -0.4 is 5.32 Å². The number of hydrogen-bond donors (Lipinski definition) is 1. The monoisotopic (exact) mass is 513 g/mol. The molecule has 1 aromatic carbocycles. The zero-order valence-corrected chi connectivity index (χ0v) is 19.6. The molecule has 1 N–H and O–H groups in total. The number of hydrogen-bond acceptors (Lipinski definition) is 4. The van der Waals surface area contributed by atoms with E-state index in [2.05, 4.69) is 26.5 Å². The third kappa shape index (κ3) is 7.60. The van der Waals surface area contributed by atoms with E-state index in [1.165, 1.54) is 0 Å². The first-order valence-corrected chi connectivity index (χ1v) is 9.96. The molecule has 8 heteroatoms. The number of rotatable bonds is 8. The summed E-state index contributed by atoms with van der Waals surface area (Å²) in [6.45, 7) is 3.99. The highest BCUT2D eigenvalue weighted by Crippen LogP contribution is 2.11. The van der Waals surface area contributed by atoms with Crippen molar-refractivity contribution in [3.8, 4) is 5.69 Å². The molecule has 0 saturated carbocycles. The minimum atomic E-state index is 0. The van der Waals surface area contributed by atoms with Gasteiger partial charge in [-0.1, -0.05) is 18.2 Å². The molecule has 29 heavy (non-hydrogen) atoms. The summed E-state index contributed by atoms with van der Waals surface area (Å²) in [7, 11) is 3.85. The van der Waals surface area contributed by atoms with E-state index >= 15 is 0 Å². The fraction of sp³-hybridized carbons (Fsp3) is 0.524. The van der Waals surface area contributed by atoms with Crippen molar-refractivity contribution in [2.24, 2.45) is 4.99 Å². The topological polar surface area (TPSA) is 63.9 Å². The average Bonchev–Trinajstić information content (AvgIpc) is 3.20. The normalized spacial score (nSPS) is 15.0. The van der Waals surface area contributed by atoms with Gasteiger partial charge in [0.1, 0.15) is 0 Å². The number of benzene rings is 1. The molecule has 3 rings (SSSR count). The highest BCUT2D eigenvalue weighted by Gasteiger charge is 2.13. The van der Waals surface area contributed by atoms with E-state index in [0.717, 1.165) is 69.4 Å². The number of halogens is 1. The summed E-state index contributed by atoms with van der Waals surface area (Å²) in [5.41, 5.74) is 2.19. The molecule has 1 aromatic heterocycles. The molecular weight excluding hydrogens is 481 g/mol. The van der Waals surface area contributed by atoms with Gasteiger partial charge in [-0.2, -0.15) is 5.10 Å². The van der Waals surface area contributed by atoms with Crippen molar-refractivity contribution in [3.05, 3.63) is 48.3 Å². The Morgan fingerprint density at radius 2 is 2.07 bits per heavy atom. The van der Waals surface area contributed by atoms with Crippen molar-refractivity contribution in [2.75, 3.05) is 40.5 Å². The van der Waals surface area contributed by atoms with Crippen LogP contribution in [0.3, 0.4) is 0 Å². The summed E-state index contributed by atoms with van der Waals surface area (Å²) >= 11 is 0. The molecule has 0 unspecified atom stereocenters. The number of guanidine groups is 1. The molecule has 7 nitrogen and oxygen atoms in total. The second-order valence-corrected chi connectivity index (χ2v) is 6.99. The number of aromatic nitrogens is 2. The maximum absolute atomic E-state index is 5.91. The first kappa shape index (κ1) is 23.6.